The lowest BCUT2D eigenvalue weighted by Gasteiger charge is -2.08. The summed E-state index contributed by atoms with van der Waals surface area (Å²) < 4.78 is 0. The zero-order valence-corrected chi connectivity index (χ0v) is 10.7. The van der Waals surface area contributed by atoms with Crippen LogP contribution in [-0.2, 0) is 0 Å². The minimum atomic E-state index is 0.596. The van der Waals surface area contributed by atoms with Crippen LogP contribution in [0.3, 0.4) is 0 Å². The Labute approximate surface area is 106 Å². The molecule has 0 heterocycles. The third kappa shape index (κ3) is 2.23. The van der Waals surface area contributed by atoms with Gasteiger partial charge in [0.15, 0.2) is 0 Å². The first-order valence-electron chi connectivity index (χ1n) is 5.10. The van der Waals surface area contributed by atoms with Crippen LogP contribution in [0.15, 0.2) is 36.4 Å². The molecule has 0 aliphatic carbocycles. The monoisotopic (exact) mass is 250 g/mol. The van der Waals surface area contributed by atoms with Gasteiger partial charge in [-0.1, -0.05) is 64.7 Å². The Bertz CT molecular complexity index is 510. The van der Waals surface area contributed by atoms with Gasteiger partial charge in [0.25, 0.3) is 0 Å². The molecule has 0 nitrogen and oxygen atoms in total. The van der Waals surface area contributed by atoms with E-state index in [1.54, 1.807) is 6.07 Å². The Kier molecular flexibility index (Phi) is 3.22. The van der Waals surface area contributed by atoms with E-state index < -0.39 is 0 Å². The molecule has 2 heteroatoms. The van der Waals surface area contributed by atoms with Crippen molar-refractivity contribution in [3.05, 3.63) is 57.6 Å². The molecule has 0 aliphatic heterocycles. The predicted molar refractivity (Wildman–Crippen MR) is 71.4 cm³/mol. The molecular formula is C14H12Cl2. The molecule has 0 saturated carbocycles. The smallest absolute Gasteiger partial charge is 0.0670 e. The molecule has 2 aromatic rings. The van der Waals surface area contributed by atoms with Crippen molar-refractivity contribution in [2.45, 2.75) is 13.8 Å². The van der Waals surface area contributed by atoms with Crippen molar-refractivity contribution < 1.29 is 0 Å². The van der Waals surface area contributed by atoms with Crippen molar-refractivity contribution in [2.24, 2.45) is 0 Å². The Morgan fingerprint density at radius 2 is 1.50 bits per heavy atom. The van der Waals surface area contributed by atoms with Gasteiger partial charge in [0, 0.05) is 5.56 Å². The molecule has 0 unspecified atom stereocenters. The van der Waals surface area contributed by atoms with Crippen molar-refractivity contribution in [3.63, 3.8) is 0 Å². The maximum atomic E-state index is 6.20. The Balaban J connectivity index is 2.63. The molecule has 0 aliphatic rings. The first-order chi connectivity index (χ1) is 7.58. The molecule has 0 fully saturated rings. The summed E-state index contributed by atoms with van der Waals surface area (Å²) in [6.07, 6.45) is 0. The second-order valence-corrected chi connectivity index (χ2v) is 4.76. The zero-order valence-electron chi connectivity index (χ0n) is 9.22. The highest BCUT2D eigenvalue weighted by molar-refractivity contribution is 6.43. The normalized spacial score (nSPS) is 10.5. The topological polar surface area (TPSA) is 0 Å². The van der Waals surface area contributed by atoms with E-state index in [9.17, 15) is 0 Å². The van der Waals surface area contributed by atoms with E-state index in [4.69, 9.17) is 23.2 Å². The number of hydrogen-bond acceptors (Lipinski definition) is 0. The highest BCUT2D eigenvalue weighted by atomic mass is 35.5. The van der Waals surface area contributed by atoms with Crippen molar-refractivity contribution in [1.82, 2.24) is 0 Å². The maximum Gasteiger partial charge on any atom is 0.0670 e. The van der Waals surface area contributed by atoms with E-state index in [1.807, 2.05) is 12.1 Å². The molecular weight excluding hydrogens is 239 g/mol. The van der Waals surface area contributed by atoms with E-state index in [0.29, 0.717) is 10.0 Å². The number of hydrogen-bond donors (Lipinski definition) is 0. The quantitative estimate of drug-likeness (QED) is 0.647. The average Bonchev–Trinajstić information content (AvgIpc) is 2.20. The second kappa shape index (κ2) is 4.48. The lowest BCUT2D eigenvalue weighted by Crippen LogP contribution is -1.84. The molecule has 0 aromatic heterocycles. The number of benzene rings is 2. The predicted octanol–water partition coefficient (Wildman–Crippen LogP) is 5.28. The fourth-order valence-electron chi connectivity index (χ4n) is 1.86. The molecule has 0 N–H and O–H groups in total. The van der Waals surface area contributed by atoms with Gasteiger partial charge >= 0.3 is 0 Å². The summed E-state index contributed by atoms with van der Waals surface area (Å²) in [5.74, 6) is 0. The van der Waals surface area contributed by atoms with E-state index in [2.05, 4.69) is 32.0 Å². The summed E-state index contributed by atoms with van der Waals surface area (Å²) in [7, 11) is 0. The Hall–Kier alpha value is -0.980. The van der Waals surface area contributed by atoms with Crippen LogP contribution in [0.2, 0.25) is 10.0 Å². The Morgan fingerprint density at radius 1 is 0.875 bits per heavy atom. The third-order valence-electron chi connectivity index (χ3n) is 2.48. The molecule has 2 rings (SSSR count). The van der Waals surface area contributed by atoms with Crippen molar-refractivity contribution in [1.29, 1.82) is 0 Å². The van der Waals surface area contributed by atoms with Crippen LogP contribution < -0.4 is 0 Å². The first kappa shape index (κ1) is 11.5. The van der Waals surface area contributed by atoms with E-state index in [1.165, 1.54) is 11.1 Å². The summed E-state index contributed by atoms with van der Waals surface area (Å²) in [5, 5.41) is 1.22. The van der Waals surface area contributed by atoms with E-state index in [-0.39, 0.29) is 0 Å². The number of halogens is 2. The molecule has 82 valence electrons. The average molecular weight is 251 g/mol. The van der Waals surface area contributed by atoms with Crippen LogP contribution in [0, 0.1) is 13.8 Å². The fraction of sp³-hybridized carbons (Fsp3) is 0.143. The molecule has 0 amide bonds. The van der Waals surface area contributed by atoms with Gasteiger partial charge in [-0.2, -0.15) is 0 Å². The lowest BCUT2D eigenvalue weighted by molar-refractivity contribution is 1.38. The number of aryl methyl sites for hydroxylation is 2. The van der Waals surface area contributed by atoms with Crippen LogP contribution >= 0.6 is 23.2 Å². The highest BCUT2D eigenvalue weighted by Crippen LogP contribution is 2.34. The molecule has 0 radical (unpaired) electrons. The van der Waals surface area contributed by atoms with Crippen LogP contribution in [0.5, 0.6) is 0 Å². The van der Waals surface area contributed by atoms with Gasteiger partial charge in [0.05, 0.1) is 10.0 Å². The molecule has 2 aromatic carbocycles. The molecule has 0 spiro atoms. The van der Waals surface area contributed by atoms with Crippen LogP contribution in [0.1, 0.15) is 11.1 Å². The third-order valence-corrected chi connectivity index (χ3v) is 3.30. The highest BCUT2D eigenvalue weighted by Gasteiger charge is 2.07. The molecule has 0 atom stereocenters. The minimum Gasteiger partial charge on any atom is -0.0827 e. The van der Waals surface area contributed by atoms with Crippen molar-refractivity contribution in [2.75, 3.05) is 0 Å². The van der Waals surface area contributed by atoms with Crippen LogP contribution in [0.25, 0.3) is 11.1 Å². The van der Waals surface area contributed by atoms with Gasteiger partial charge in [-0.3, -0.25) is 0 Å². The van der Waals surface area contributed by atoms with Crippen LogP contribution in [-0.4, -0.2) is 0 Å². The van der Waals surface area contributed by atoms with Crippen molar-refractivity contribution >= 4 is 23.2 Å². The zero-order chi connectivity index (χ0) is 11.7. The fourth-order valence-corrected chi connectivity index (χ4v) is 2.27. The summed E-state index contributed by atoms with van der Waals surface area (Å²) in [6.45, 7) is 4.16. The summed E-state index contributed by atoms with van der Waals surface area (Å²) in [6, 6.07) is 12.1. The van der Waals surface area contributed by atoms with Gasteiger partial charge in [0.1, 0.15) is 0 Å². The van der Waals surface area contributed by atoms with Gasteiger partial charge in [-0.25, -0.2) is 0 Å². The minimum absolute atomic E-state index is 0.596. The van der Waals surface area contributed by atoms with E-state index >= 15 is 0 Å². The molecule has 0 saturated heterocycles. The van der Waals surface area contributed by atoms with Crippen LogP contribution in [0.4, 0.5) is 0 Å². The van der Waals surface area contributed by atoms with Crippen molar-refractivity contribution in [3.8, 4) is 11.1 Å². The number of rotatable bonds is 1. The summed E-state index contributed by atoms with van der Waals surface area (Å²) in [5.41, 5.74) is 4.56. The van der Waals surface area contributed by atoms with E-state index in [0.717, 1.165) is 11.1 Å². The lowest BCUT2D eigenvalue weighted by atomic mass is 10.0. The standard InChI is InChI=1S/C14H12Cl2/c1-9-6-10(2)8-11(7-9)12-4-3-5-13(15)14(12)16/h3-8H,1-2H3. The first-order valence-corrected chi connectivity index (χ1v) is 5.86. The summed E-state index contributed by atoms with van der Waals surface area (Å²) in [4.78, 5) is 0. The van der Waals surface area contributed by atoms with Gasteiger partial charge in [-0.05, 0) is 25.5 Å². The second-order valence-electron chi connectivity index (χ2n) is 3.98. The van der Waals surface area contributed by atoms with Gasteiger partial charge < -0.3 is 0 Å². The van der Waals surface area contributed by atoms with Gasteiger partial charge in [-0.15, -0.1) is 0 Å². The van der Waals surface area contributed by atoms with Gasteiger partial charge in [0.2, 0.25) is 0 Å². The summed E-state index contributed by atoms with van der Waals surface area (Å²) >= 11 is 12.2. The molecule has 0 bridgehead atoms. The molecule has 16 heavy (non-hydrogen) atoms. The largest absolute Gasteiger partial charge is 0.0827 e. The maximum absolute atomic E-state index is 6.20. The SMILES string of the molecule is Cc1cc(C)cc(-c2cccc(Cl)c2Cl)c1. The Morgan fingerprint density at radius 3 is 2.12 bits per heavy atom.